The van der Waals surface area contributed by atoms with Crippen LogP contribution in [0.25, 0.3) is 0 Å². The fourth-order valence-electron chi connectivity index (χ4n) is 2.02. The molecule has 0 aliphatic rings. The Balaban J connectivity index is 2.22. The monoisotopic (exact) mass is 304 g/mol. The van der Waals surface area contributed by atoms with E-state index < -0.39 is 0 Å². The molecule has 0 unspecified atom stereocenters. The van der Waals surface area contributed by atoms with Crippen molar-refractivity contribution in [1.29, 1.82) is 0 Å². The Morgan fingerprint density at radius 3 is 2.28 bits per heavy atom. The third-order valence-electron chi connectivity index (χ3n) is 2.99. The lowest BCUT2D eigenvalue weighted by atomic mass is 10.1. The highest BCUT2D eigenvalue weighted by Crippen LogP contribution is 2.23. The predicted molar refractivity (Wildman–Crippen MR) is 80.6 cm³/mol. The Hall–Kier alpha value is -1.32. The lowest BCUT2D eigenvalue weighted by Crippen LogP contribution is -2.19. The molecule has 2 nitrogen and oxygen atoms in total. The van der Waals surface area contributed by atoms with Crippen LogP contribution in [0.1, 0.15) is 11.1 Å². The lowest BCUT2D eigenvalue weighted by molar-refractivity contribution is 0.900. The summed E-state index contributed by atoms with van der Waals surface area (Å²) in [7, 11) is 2.09. The molecule has 0 aliphatic heterocycles. The van der Waals surface area contributed by atoms with Crippen molar-refractivity contribution in [3.8, 4) is 0 Å². The smallest absolute Gasteiger partial charge is 0.0437 e. The number of nitrogens with zero attached hydrogens (tertiary/aromatic N) is 1. The van der Waals surface area contributed by atoms with Crippen molar-refractivity contribution in [1.82, 2.24) is 0 Å². The predicted octanol–water partition coefficient (Wildman–Crippen LogP) is 3.54. The molecule has 18 heavy (non-hydrogen) atoms. The molecular weight excluding hydrogens is 288 g/mol. The van der Waals surface area contributed by atoms with E-state index in [2.05, 4.69) is 58.2 Å². The van der Waals surface area contributed by atoms with Crippen molar-refractivity contribution in [2.45, 2.75) is 13.1 Å². The quantitative estimate of drug-likeness (QED) is 0.936. The molecule has 2 aromatic rings. The zero-order valence-electron chi connectivity index (χ0n) is 10.4. The van der Waals surface area contributed by atoms with Crippen LogP contribution >= 0.6 is 15.9 Å². The molecular formula is C15H17BrN2. The molecule has 0 saturated carbocycles. The summed E-state index contributed by atoms with van der Waals surface area (Å²) in [6.45, 7) is 1.43. The van der Waals surface area contributed by atoms with E-state index in [-0.39, 0.29) is 0 Å². The van der Waals surface area contributed by atoms with Crippen LogP contribution in [0.3, 0.4) is 0 Å². The van der Waals surface area contributed by atoms with Gasteiger partial charge in [0.25, 0.3) is 0 Å². The minimum atomic E-state index is 0.566. The number of halogens is 1. The minimum absolute atomic E-state index is 0.566. The largest absolute Gasteiger partial charge is 0.370 e. The molecule has 0 heterocycles. The van der Waals surface area contributed by atoms with Crippen LogP contribution in [-0.2, 0) is 13.1 Å². The number of benzene rings is 2. The van der Waals surface area contributed by atoms with Gasteiger partial charge in [-0.2, -0.15) is 0 Å². The first-order valence-electron chi connectivity index (χ1n) is 5.95. The van der Waals surface area contributed by atoms with Crippen molar-refractivity contribution in [3.63, 3.8) is 0 Å². The van der Waals surface area contributed by atoms with E-state index in [1.54, 1.807) is 0 Å². The Kier molecular flexibility index (Phi) is 4.39. The molecule has 0 aromatic heterocycles. The van der Waals surface area contributed by atoms with Gasteiger partial charge < -0.3 is 10.6 Å². The van der Waals surface area contributed by atoms with Crippen molar-refractivity contribution in [2.75, 3.05) is 11.9 Å². The molecule has 2 N–H and O–H groups in total. The van der Waals surface area contributed by atoms with Gasteiger partial charge in [-0.05, 0) is 23.3 Å². The topological polar surface area (TPSA) is 29.3 Å². The highest BCUT2D eigenvalue weighted by Gasteiger charge is 2.07. The SMILES string of the molecule is CN(Cc1ccccc1Br)c1ccccc1CN. The van der Waals surface area contributed by atoms with Gasteiger partial charge in [0.2, 0.25) is 0 Å². The van der Waals surface area contributed by atoms with E-state index in [4.69, 9.17) is 5.73 Å². The van der Waals surface area contributed by atoms with E-state index in [9.17, 15) is 0 Å². The second kappa shape index (κ2) is 6.03. The third-order valence-corrected chi connectivity index (χ3v) is 3.76. The summed E-state index contributed by atoms with van der Waals surface area (Å²) in [6.07, 6.45) is 0. The minimum Gasteiger partial charge on any atom is -0.370 e. The van der Waals surface area contributed by atoms with E-state index in [0.29, 0.717) is 6.54 Å². The number of hydrogen-bond donors (Lipinski definition) is 1. The van der Waals surface area contributed by atoms with Crippen molar-refractivity contribution in [3.05, 3.63) is 64.1 Å². The standard InChI is InChI=1S/C15H17BrN2/c1-18(11-13-7-2-4-8-14(13)16)15-9-5-3-6-12(15)10-17/h2-9H,10-11,17H2,1H3. The molecule has 94 valence electrons. The van der Waals surface area contributed by atoms with Crippen LogP contribution in [0.2, 0.25) is 0 Å². The zero-order valence-corrected chi connectivity index (χ0v) is 12.0. The average Bonchev–Trinajstić information content (AvgIpc) is 2.41. The molecule has 0 amide bonds. The zero-order chi connectivity index (χ0) is 13.0. The fourth-order valence-corrected chi connectivity index (χ4v) is 2.43. The van der Waals surface area contributed by atoms with Gasteiger partial charge in [0, 0.05) is 30.3 Å². The maximum Gasteiger partial charge on any atom is 0.0437 e. The summed E-state index contributed by atoms with van der Waals surface area (Å²) in [5.41, 5.74) is 9.41. The van der Waals surface area contributed by atoms with Gasteiger partial charge >= 0.3 is 0 Å². The van der Waals surface area contributed by atoms with Gasteiger partial charge in [0.05, 0.1) is 0 Å². The molecule has 0 atom stereocenters. The first-order chi connectivity index (χ1) is 8.72. The molecule has 2 aromatic carbocycles. The molecule has 0 fully saturated rings. The maximum atomic E-state index is 5.78. The van der Waals surface area contributed by atoms with Gasteiger partial charge in [0.15, 0.2) is 0 Å². The van der Waals surface area contributed by atoms with E-state index in [1.807, 2.05) is 18.2 Å². The van der Waals surface area contributed by atoms with Crippen molar-refractivity contribution in [2.24, 2.45) is 5.73 Å². The van der Waals surface area contributed by atoms with Crippen LogP contribution in [0.5, 0.6) is 0 Å². The molecule has 2 rings (SSSR count). The number of rotatable bonds is 4. The van der Waals surface area contributed by atoms with E-state index in [0.717, 1.165) is 11.0 Å². The average molecular weight is 305 g/mol. The van der Waals surface area contributed by atoms with Crippen molar-refractivity contribution < 1.29 is 0 Å². The Bertz CT molecular complexity index is 525. The van der Waals surface area contributed by atoms with Crippen LogP contribution in [0.15, 0.2) is 53.0 Å². The summed E-state index contributed by atoms with van der Waals surface area (Å²) < 4.78 is 1.14. The molecule has 0 saturated heterocycles. The Morgan fingerprint density at radius 2 is 1.61 bits per heavy atom. The van der Waals surface area contributed by atoms with Crippen LogP contribution < -0.4 is 10.6 Å². The third kappa shape index (κ3) is 2.92. The maximum absolute atomic E-state index is 5.78. The summed E-state index contributed by atoms with van der Waals surface area (Å²) >= 11 is 3.58. The highest BCUT2D eigenvalue weighted by atomic mass is 79.9. The lowest BCUT2D eigenvalue weighted by Gasteiger charge is -2.22. The van der Waals surface area contributed by atoms with Crippen LogP contribution in [0.4, 0.5) is 5.69 Å². The molecule has 3 heteroatoms. The Labute approximate surface area is 117 Å². The highest BCUT2D eigenvalue weighted by molar-refractivity contribution is 9.10. The van der Waals surface area contributed by atoms with Gasteiger partial charge in [0.1, 0.15) is 0 Å². The first kappa shape index (κ1) is 13.1. The first-order valence-corrected chi connectivity index (χ1v) is 6.74. The summed E-state index contributed by atoms with van der Waals surface area (Å²) in [5, 5.41) is 0. The fraction of sp³-hybridized carbons (Fsp3) is 0.200. The summed E-state index contributed by atoms with van der Waals surface area (Å²) in [5.74, 6) is 0. The molecule has 0 bridgehead atoms. The number of hydrogen-bond acceptors (Lipinski definition) is 2. The van der Waals surface area contributed by atoms with Crippen LogP contribution in [-0.4, -0.2) is 7.05 Å². The summed E-state index contributed by atoms with van der Waals surface area (Å²) in [6, 6.07) is 16.5. The number of para-hydroxylation sites is 1. The second-order valence-corrected chi connectivity index (χ2v) is 5.13. The van der Waals surface area contributed by atoms with Gasteiger partial charge in [-0.25, -0.2) is 0 Å². The molecule has 0 radical (unpaired) electrons. The van der Waals surface area contributed by atoms with Gasteiger partial charge in [-0.15, -0.1) is 0 Å². The van der Waals surface area contributed by atoms with Gasteiger partial charge in [-0.3, -0.25) is 0 Å². The number of anilines is 1. The van der Waals surface area contributed by atoms with Gasteiger partial charge in [-0.1, -0.05) is 52.3 Å². The van der Waals surface area contributed by atoms with E-state index >= 15 is 0 Å². The van der Waals surface area contributed by atoms with Crippen LogP contribution in [0, 0.1) is 0 Å². The summed E-state index contributed by atoms with van der Waals surface area (Å²) in [4.78, 5) is 2.22. The molecule has 0 aliphatic carbocycles. The second-order valence-electron chi connectivity index (χ2n) is 4.28. The normalized spacial score (nSPS) is 10.4. The number of nitrogens with two attached hydrogens (primary N) is 1. The van der Waals surface area contributed by atoms with Crippen molar-refractivity contribution >= 4 is 21.6 Å². The Morgan fingerprint density at radius 1 is 1.00 bits per heavy atom. The van der Waals surface area contributed by atoms with E-state index in [1.165, 1.54) is 16.8 Å². The molecule has 0 spiro atoms.